The Morgan fingerprint density at radius 1 is 1.10 bits per heavy atom. The molecular weight excluding hydrogens is 398 g/mol. The van der Waals surface area contributed by atoms with Gasteiger partial charge in [0.1, 0.15) is 0 Å². The summed E-state index contributed by atoms with van der Waals surface area (Å²) in [7, 11) is 0. The van der Waals surface area contributed by atoms with Gasteiger partial charge in [0.25, 0.3) is 0 Å². The van der Waals surface area contributed by atoms with Gasteiger partial charge in [-0.2, -0.15) is 5.10 Å². The Bertz CT molecular complexity index is 1030. The quantitative estimate of drug-likeness (QED) is 0.488. The number of hydrogen-bond donors (Lipinski definition) is 1. The Kier molecular flexibility index (Phi) is 6.57. The van der Waals surface area contributed by atoms with E-state index >= 15 is 0 Å². The summed E-state index contributed by atoms with van der Waals surface area (Å²) in [6.07, 6.45) is 3.92. The molecule has 30 heavy (non-hydrogen) atoms. The van der Waals surface area contributed by atoms with E-state index in [0.717, 1.165) is 49.2 Å². The van der Waals surface area contributed by atoms with E-state index < -0.39 is 0 Å². The van der Waals surface area contributed by atoms with Gasteiger partial charge in [-0.25, -0.2) is 5.43 Å². The van der Waals surface area contributed by atoms with Gasteiger partial charge in [0, 0.05) is 61.4 Å². The Hall–Kier alpha value is -2.96. The minimum atomic E-state index is -0.0679. The molecule has 1 N–H and O–H groups in total. The van der Waals surface area contributed by atoms with Crippen LogP contribution in [0.5, 0.6) is 0 Å². The minimum absolute atomic E-state index is 0.0679. The van der Waals surface area contributed by atoms with E-state index in [0.29, 0.717) is 11.4 Å². The summed E-state index contributed by atoms with van der Waals surface area (Å²) in [5, 5.41) is 5.84. The number of aromatic nitrogens is 1. The summed E-state index contributed by atoms with van der Waals surface area (Å²) >= 11 is 6.10. The molecule has 0 saturated carbocycles. The van der Waals surface area contributed by atoms with Crippen LogP contribution in [0, 0.1) is 0 Å². The molecule has 0 radical (unpaired) electrons. The highest BCUT2D eigenvalue weighted by atomic mass is 35.5. The third-order valence-electron chi connectivity index (χ3n) is 5.25. The molecule has 1 amide bonds. The van der Waals surface area contributed by atoms with Crippen molar-refractivity contribution < 1.29 is 4.79 Å². The third kappa shape index (κ3) is 5.14. The first-order valence-electron chi connectivity index (χ1n) is 10.1. The number of halogens is 1. The first-order valence-corrected chi connectivity index (χ1v) is 10.5. The lowest BCUT2D eigenvalue weighted by Crippen LogP contribution is -2.47. The predicted molar refractivity (Wildman–Crippen MR) is 122 cm³/mol. The number of nitrogens with zero attached hydrogens (tertiary/aromatic N) is 4. The number of piperazine rings is 1. The number of hydrogen-bond acceptors (Lipinski definition) is 5. The molecule has 1 aromatic heterocycles. The fourth-order valence-electron chi connectivity index (χ4n) is 3.63. The molecule has 154 valence electrons. The molecule has 1 fully saturated rings. The van der Waals surface area contributed by atoms with Crippen LogP contribution in [0.15, 0.2) is 65.9 Å². The van der Waals surface area contributed by atoms with Gasteiger partial charge in [-0.1, -0.05) is 41.9 Å². The van der Waals surface area contributed by atoms with Crippen molar-refractivity contribution in [2.24, 2.45) is 5.10 Å². The van der Waals surface area contributed by atoms with Gasteiger partial charge in [0.2, 0.25) is 5.91 Å². The maximum absolute atomic E-state index is 12.1. The van der Waals surface area contributed by atoms with Crippen LogP contribution >= 0.6 is 11.6 Å². The summed E-state index contributed by atoms with van der Waals surface area (Å²) in [4.78, 5) is 21.2. The van der Waals surface area contributed by atoms with Crippen molar-refractivity contribution in [2.45, 2.75) is 6.42 Å². The normalized spacial score (nSPS) is 15.0. The Morgan fingerprint density at radius 2 is 1.90 bits per heavy atom. The highest BCUT2D eigenvalue weighted by molar-refractivity contribution is 6.31. The predicted octanol–water partition coefficient (Wildman–Crippen LogP) is 3.55. The van der Waals surface area contributed by atoms with Gasteiger partial charge < -0.3 is 4.90 Å². The maximum atomic E-state index is 12.1. The Labute approximate surface area is 181 Å². The summed E-state index contributed by atoms with van der Waals surface area (Å²) in [5.74, 6) is -0.0679. The number of rotatable bonds is 6. The Balaban J connectivity index is 1.25. The van der Waals surface area contributed by atoms with Gasteiger partial charge in [0.05, 0.1) is 11.7 Å². The zero-order valence-corrected chi connectivity index (χ0v) is 17.4. The smallest absolute Gasteiger partial charge is 0.241 e. The summed E-state index contributed by atoms with van der Waals surface area (Å²) in [5.41, 5.74) is 5.66. The van der Waals surface area contributed by atoms with Crippen LogP contribution < -0.4 is 10.3 Å². The molecule has 6 nitrogen and oxygen atoms in total. The second kappa shape index (κ2) is 9.69. The molecule has 3 aromatic rings. The average Bonchev–Trinajstić information content (AvgIpc) is 2.78. The van der Waals surface area contributed by atoms with Crippen LogP contribution in [0.25, 0.3) is 10.9 Å². The molecule has 0 atom stereocenters. The fourth-order valence-corrected chi connectivity index (χ4v) is 3.79. The molecular formula is C23H24ClN5O. The minimum Gasteiger partial charge on any atom is -0.368 e. The van der Waals surface area contributed by atoms with E-state index in [-0.39, 0.29) is 5.91 Å². The molecule has 1 aliphatic heterocycles. The van der Waals surface area contributed by atoms with Crippen molar-refractivity contribution in [3.05, 3.63) is 71.4 Å². The summed E-state index contributed by atoms with van der Waals surface area (Å²) < 4.78 is 0. The van der Waals surface area contributed by atoms with Crippen molar-refractivity contribution >= 4 is 40.3 Å². The van der Waals surface area contributed by atoms with Crippen LogP contribution in [-0.4, -0.2) is 54.7 Å². The average molecular weight is 422 g/mol. The summed E-state index contributed by atoms with van der Waals surface area (Å²) in [6.45, 7) is 4.38. The van der Waals surface area contributed by atoms with Crippen LogP contribution in [0.3, 0.4) is 0 Å². The lowest BCUT2D eigenvalue weighted by molar-refractivity contribution is -0.121. The number of amides is 1. The molecule has 0 aliphatic carbocycles. The van der Waals surface area contributed by atoms with E-state index in [1.165, 1.54) is 5.69 Å². The van der Waals surface area contributed by atoms with Gasteiger partial charge in [-0.05, 0) is 29.8 Å². The molecule has 0 bridgehead atoms. The van der Waals surface area contributed by atoms with Gasteiger partial charge >= 0.3 is 0 Å². The number of pyridine rings is 1. The van der Waals surface area contributed by atoms with E-state index in [4.69, 9.17) is 11.6 Å². The van der Waals surface area contributed by atoms with E-state index in [9.17, 15) is 4.79 Å². The molecule has 2 heterocycles. The molecule has 2 aromatic carbocycles. The topological polar surface area (TPSA) is 60.8 Å². The number of hydrazone groups is 1. The first-order chi connectivity index (χ1) is 14.7. The van der Waals surface area contributed by atoms with Crippen molar-refractivity contribution in [1.29, 1.82) is 0 Å². The van der Waals surface area contributed by atoms with E-state index in [1.54, 1.807) is 6.21 Å². The molecule has 0 spiro atoms. The highest BCUT2D eigenvalue weighted by Crippen LogP contribution is 2.28. The fraction of sp³-hybridized carbons (Fsp3) is 0.261. The van der Waals surface area contributed by atoms with Crippen LogP contribution in [0.4, 0.5) is 5.69 Å². The summed E-state index contributed by atoms with van der Waals surface area (Å²) in [6, 6.07) is 17.6. The van der Waals surface area contributed by atoms with Crippen LogP contribution in [0.1, 0.15) is 12.0 Å². The van der Waals surface area contributed by atoms with Gasteiger partial charge in [0.15, 0.2) is 0 Å². The lowest BCUT2D eigenvalue weighted by Gasteiger charge is -2.36. The number of fused-ring (bicyclic) bond motifs is 1. The Morgan fingerprint density at radius 3 is 2.70 bits per heavy atom. The maximum Gasteiger partial charge on any atom is 0.241 e. The van der Waals surface area contributed by atoms with Crippen molar-refractivity contribution in [3.8, 4) is 0 Å². The number of nitrogens with one attached hydrogen (secondary N) is 1. The SMILES string of the molecule is O=C(CCN1CCN(c2ccnc3cc(Cl)ccc23)CC1)N/N=C/c1ccccc1. The molecule has 0 unspecified atom stereocenters. The number of anilines is 1. The van der Waals surface area contributed by atoms with Crippen molar-refractivity contribution in [3.63, 3.8) is 0 Å². The van der Waals surface area contributed by atoms with Gasteiger partial charge in [-0.15, -0.1) is 0 Å². The van der Waals surface area contributed by atoms with E-state index in [1.807, 2.05) is 54.7 Å². The second-order valence-electron chi connectivity index (χ2n) is 7.27. The third-order valence-corrected chi connectivity index (χ3v) is 5.49. The number of carbonyl (C=O) groups excluding carboxylic acids is 1. The van der Waals surface area contributed by atoms with Gasteiger partial charge in [-0.3, -0.25) is 14.7 Å². The zero-order valence-electron chi connectivity index (χ0n) is 16.7. The lowest BCUT2D eigenvalue weighted by atomic mass is 10.1. The monoisotopic (exact) mass is 421 g/mol. The molecule has 1 saturated heterocycles. The largest absolute Gasteiger partial charge is 0.368 e. The first kappa shape index (κ1) is 20.3. The standard InChI is InChI=1S/C23H24ClN5O/c24-19-6-7-20-21(16-19)25-10-8-22(20)29-14-12-28(13-15-29)11-9-23(30)27-26-17-18-4-2-1-3-5-18/h1-8,10,16-17H,9,11-15H2,(H,27,30)/b26-17+. The molecule has 1 aliphatic rings. The number of carbonyl (C=O) groups is 1. The highest BCUT2D eigenvalue weighted by Gasteiger charge is 2.19. The molecule has 7 heteroatoms. The van der Waals surface area contributed by atoms with Crippen LogP contribution in [-0.2, 0) is 4.79 Å². The van der Waals surface area contributed by atoms with Crippen LogP contribution in [0.2, 0.25) is 5.02 Å². The van der Waals surface area contributed by atoms with E-state index in [2.05, 4.69) is 31.4 Å². The zero-order chi connectivity index (χ0) is 20.8. The second-order valence-corrected chi connectivity index (χ2v) is 7.71. The molecule has 4 rings (SSSR count). The van der Waals surface area contributed by atoms with Crippen molar-refractivity contribution in [1.82, 2.24) is 15.3 Å². The number of benzene rings is 2. The van der Waals surface area contributed by atoms with Crippen molar-refractivity contribution in [2.75, 3.05) is 37.6 Å².